The van der Waals surface area contributed by atoms with E-state index in [1.54, 1.807) is 7.11 Å². The van der Waals surface area contributed by atoms with Crippen LogP contribution in [0.2, 0.25) is 0 Å². The van der Waals surface area contributed by atoms with E-state index in [1.807, 2.05) is 11.8 Å². The third kappa shape index (κ3) is 6.40. The average molecular weight is 233 g/mol. The van der Waals surface area contributed by atoms with Gasteiger partial charge in [-0.1, -0.05) is 0 Å². The molecule has 0 aromatic rings. The summed E-state index contributed by atoms with van der Waals surface area (Å²) in [5.41, 5.74) is 0. The van der Waals surface area contributed by atoms with E-state index in [2.05, 4.69) is 12.2 Å². The van der Waals surface area contributed by atoms with Gasteiger partial charge in [0.05, 0.1) is 12.7 Å². The fraction of sp³-hybridized carbons (Fsp3) is 1.00. The molecule has 0 radical (unpaired) electrons. The van der Waals surface area contributed by atoms with Gasteiger partial charge < -0.3 is 14.8 Å². The van der Waals surface area contributed by atoms with Crippen LogP contribution >= 0.6 is 11.8 Å². The van der Waals surface area contributed by atoms with Crippen LogP contribution in [0.15, 0.2) is 0 Å². The first kappa shape index (κ1) is 13.3. The van der Waals surface area contributed by atoms with Crippen LogP contribution in [0.4, 0.5) is 0 Å². The van der Waals surface area contributed by atoms with Crippen molar-refractivity contribution in [2.24, 2.45) is 0 Å². The normalized spacial score (nSPS) is 23.2. The molecule has 0 aromatic heterocycles. The maximum Gasteiger partial charge on any atom is 0.0666 e. The molecule has 1 heterocycles. The van der Waals surface area contributed by atoms with Gasteiger partial charge in [-0.15, -0.1) is 0 Å². The van der Waals surface area contributed by atoms with E-state index in [4.69, 9.17) is 9.47 Å². The van der Waals surface area contributed by atoms with E-state index in [-0.39, 0.29) is 0 Å². The topological polar surface area (TPSA) is 30.5 Å². The van der Waals surface area contributed by atoms with Crippen LogP contribution in [0.3, 0.4) is 0 Å². The van der Waals surface area contributed by atoms with Crippen molar-refractivity contribution in [3.63, 3.8) is 0 Å². The Kier molecular flexibility index (Phi) is 7.44. The molecule has 2 unspecified atom stereocenters. The third-order valence-corrected chi connectivity index (χ3v) is 3.58. The van der Waals surface area contributed by atoms with Gasteiger partial charge in [-0.25, -0.2) is 0 Å². The molecule has 1 fully saturated rings. The summed E-state index contributed by atoms with van der Waals surface area (Å²) in [6.45, 7) is 4.96. The van der Waals surface area contributed by atoms with Crippen LogP contribution in [-0.4, -0.2) is 50.5 Å². The van der Waals surface area contributed by atoms with Gasteiger partial charge in [-0.05, 0) is 19.8 Å². The molecule has 0 aromatic carbocycles. The highest BCUT2D eigenvalue weighted by atomic mass is 32.2. The summed E-state index contributed by atoms with van der Waals surface area (Å²) in [5.74, 6) is 2.31. The molecule has 0 spiro atoms. The van der Waals surface area contributed by atoms with Crippen molar-refractivity contribution < 1.29 is 9.47 Å². The van der Waals surface area contributed by atoms with Gasteiger partial charge in [0.2, 0.25) is 0 Å². The van der Waals surface area contributed by atoms with Crippen LogP contribution in [0, 0.1) is 0 Å². The molecule has 0 amide bonds. The molecule has 1 rings (SSSR count). The second-order valence-electron chi connectivity index (χ2n) is 4.02. The minimum Gasteiger partial charge on any atom is -0.383 e. The largest absolute Gasteiger partial charge is 0.383 e. The number of thioether (sulfide) groups is 1. The second kappa shape index (κ2) is 8.39. The van der Waals surface area contributed by atoms with Crippen molar-refractivity contribution in [1.82, 2.24) is 5.32 Å². The molecule has 3 nitrogen and oxygen atoms in total. The monoisotopic (exact) mass is 233 g/mol. The van der Waals surface area contributed by atoms with Gasteiger partial charge >= 0.3 is 0 Å². The lowest BCUT2D eigenvalue weighted by molar-refractivity contribution is 0.129. The smallest absolute Gasteiger partial charge is 0.0666 e. The standard InChI is InChI=1S/C11H23NO2S/c1-10(8-13-2)12-5-7-15-9-11-4-3-6-14-11/h10-12H,3-9H2,1-2H3. The fourth-order valence-electron chi connectivity index (χ4n) is 1.68. The van der Waals surface area contributed by atoms with Crippen LogP contribution in [0.25, 0.3) is 0 Å². The Hall–Kier alpha value is 0.230. The Morgan fingerprint density at radius 1 is 1.60 bits per heavy atom. The zero-order valence-corrected chi connectivity index (χ0v) is 10.6. The van der Waals surface area contributed by atoms with Crippen LogP contribution in [-0.2, 0) is 9.47 Å². The van der Waals surface area contributed by atoms with Gasteiger partial charge in [0.25, 0.3) is 0 Å². The summed E-state index contributed by atoms with van der Waals surface area (Å²) in [6.07, 6.45) is 3.01. The zero-order chi connectivity index (χ0) is 10.9. The summed E-state index contributed by atoms with van der Waals surface area (Å²) in [5, 5.41) is 3.42. The Labute approximate surface area is 97.3 Å². The SMILES string of the molecule is COCC(C)NCCSCC1CCCO1. The van der Waals surface area contributed by atoms with Gasteiger partial charge in [0.1, 0.15) is 0 Å². The predicted octanol–water partition coefficient (Wildman–Crippen LogP) is 1.52. The summed E-state index contributed by atoms with van der Waals surface area (Å²) >= 11 is 1.98. The number of hydrogen-bond acceptors (Lipinski definition) is 4. The molecule has 90 valence electrons. The van der Waals surface area contributed by atoms with Gasteiger partial charge in [-0.2, -0.15) is 11.8 Å². The van der Waals surface area contributed by atoms with Crippen molar-refractivity contribution in [1.29, 1.82) is 0 Å². The van der Waals surface area contributed by atoms with Gasteiger partial charge in [0.15, 0.2) is 0 Å². The molecular formula is C11H23NO2S. The van der Waals surface area contributed by atoms with E-state index in [0.29, 0.717) is 12.1 Å². The Bertz CT molecular complexity index is 152. The maximum absolute atomic E-state index is 5.56. The number of rotatable bonds is 8. The Balaban J connectivity index is 1.84. The van der Waals surface area contributed by atoms with E-state index < -0.39 is 0 Å². The first-order chi connectivity index (χ1) is 7.33. The van der Waals surface area contributed by atoms with E-state index in [0.717, 1.165) is 31.3 Å². The Morgan fingerprint density at radius 2 is 2.47 bits per heavy atom. The molecular weight excluding hydrogens is 210 g/mol. The minimum absolute atomic E-state index is 0.457. The van der Waals surface area contributed by atoms with E-state index in [9.17, 15) is 0 Å². The summed E-state index contributed by atoms with van der Waals surface area (Å²) < 4.78 is 10.6. The third-order valence-electron chi connectivity index (χ3n) is 2.48. The zero-order valence-electron chi connectivity index (χ0n) is 9.83. The van der Waals surface area contributed by atoms with Crippen molar-refractivity contribution >= 4 is 11.8 Å². The lowest BCUT2D eigenvalue weighted by Gasteiger charge is -2.13. The van der Waals surface area contributed by atoms with E-state index >= 15 is 0 Å². The molecule has 0 saturated carbocycles. The average Bonchev–Trinajstić information content (AvgIpc) is 2.70. The molecule has 1 aliphatic rings. The number of ether oxygens (including phenoxy) is 2. The van der Waals surface area contributed by atoms with E-state index in [1.165, 1.54) is 12.8 Å². The molecule has 2 atom stereocenters. The molecule has 1 saturated heterocycles. The highest BCUT2D eigenvalue weighted by Gasteiger charge is 2.14. The van der Waals surface area contributed by atoms with Crippen LogP contribution in [0.5, 0.6) is 0 Å². The first-order valence-electron chi connectivity index (χ1n) is 5.74. The predicted molar refractivity (Wildman–Crippen MR) is 65.6 cm³/mol. The number of nitrogens with one attached hydrogen (secondary N) is 1. The van der Waals surface area contributed by atoms with Gasteiger partial charge in [-0.3, -0.25) is 0 Å². The summed E-state index contributed by atoms with van der Waals surface area (Å²) in [7, 11) is 1.74. The van der Waals surface area contributed by atoms with Crippen molar-refractivity contribution in [2.75, 3.05) is 38.4 Å². The second-order valence-corrected chi connectivity index (χ2v) is 5.17. The summed E-state index contributed by atoms with van der Waals surface area (Å²) in [4.78, 5) is 0. The fourth-order valence-corrected chi connectivity index (χ4v) is 2.63. The van der Waals surface area contributed by atoms with Gasteiger partial charge in [0, 0.05) is 37.8 Å². The lowest BCUT2D eigenvalue weighted by Crippen LogP contribution is -2.32. The molecule has 0 aliphatic carbocycles. The van der Waals surface area contributed by atoms with Crippen molar-refractivity contribution in [2.45, 2.75) is 31.9 Å². The highest BCUT2D eigenvalue weighted by Crippen LogP contribution is 2.16. The number of hydrogen-bond donors (Lipinski definition) is 1. The summed E-state index contributed by atoms with van der Waals surface area (Å²) in [6, 6.07) is 0.457. The molecule has 1 aliphatic heterocycles. The minimum atomic E-state index is 0.457. The quantitative estimate of drug-likeness (QED) is 0.644. The lowest BCUT2D eigenvalue weighted by atomic mass is 10.3. The van der Waals surface area contributed by atoms with Crippen molar-refractivity contribution in [3.8, 4) is 0 Å². The molecule has 4 heteroatoms. The molecule has 0 bridgehead atoms. The molecule has 15 heavy (non-hydrogen) atoms. The van der Waals surface area contributed by atoms with Crippen LogP contribution in [0.1, 0.15) is 19.8 Å². The Morgan fingerprint density at radius 3 is 3.13 bits per heavy atom. The maximum atomic E-state index is 5.56. The van der Waals surface area contributed by atoms with Crippen LogP contribution < -0.4 is 5.32 Å². The first-order valence-corrected chi connectivity index (χ1v) is 6.90. The van der Waals surface area contributed by atoms with Crippen molar-refractivity contribution in [3.05, 3.63) is 0 Å². The highest BCUT2D eigenvalue weighted by molar-refractivity contribution is 7.99. The number of methoxy groups -OCH3 is 1. The molecule has 1 N–H and O–H groups in total.